The standard InChI is InChI=1S/C16H12N2O/c19-18-15(13-7-3-1-4-8-13)11-17-12-16(18)14-9-5-2-6-10-14/h1-12H. The molecule has 92 valence electrons. The van der Waals surface area contributed by atoms with Gasteiger partial charge in [-0.15, -0.1) is 0 Å². The van der Waals surface area contributed by atoms with Crippen molar-refractivity contribution < 1.29 is 4.73 Å². The minimum absolute atomic E-state index is 0.557. The fourth-order valence-electron chi connectivity index (χ4n) is 2.01. The van der Waals surface area contributed by atoms with E-state index in [9.17, 15) is 5.21 Å². The van der Waals surface area contributed by atoms with Crippen LogP contribution < -0.4 is 4.73 Å². The van der Waals surface area contributed by atoms with E-state index in [4.69, 9.17) is 0 Å². The Bertz CT molecular complexity index is 624. The molecule has 1 heterocycles. The predicted octanol–water partition coefficient (Wildman–Crippen LogP) is 3.05. The molecule has 3 rings (SSSR count). The fraction of sp³-hybridized carbons (Fsp3) is 0. The van der Waals surface area contributed by atoms with Crippen molar-refractivity contribution in [2.45, 2.75) is 0 Å². The summed E-state index contributed by atoms with van der Waals surface area (Å²) < 4.78 is 0.928. The first-order chi connectivity index (χ1) is 9.36. The van der Waals surface area contributed by atoms with Crippen molar-refractivity contribution in [2.75, 3.05) is 0 Å². The summed E-state index contributed by atoms with van der Waals surface area (Å²) in [6.07, 6.45) is 3.18. The smallest absolute Gasteiger partial charge is 0.242 e. The molecule has 3 heteroatoms. The third kappa shape index (κ3) is 2.18. The van der Waals surface area contributed by atoms with E-state index in [2.05, 4.69) is 4.98 Å². The molecular formula is C16H12N2O. The molecule has 0 aliphatic rings. The van der Waals surface area contributed by atoms with Gasteiger partial charge < -0.3 is 5.21 Å². The van der Waals surface area contributed by atoms with Crippen LogP contribution in [-0.4, -0.2) is 4.98 Å². The van der Waals surface area contributed by atoms with Crippen LogP contribution in [0.15, 0.2) is 73.1 Å². The van der Waals surface area contributed by atoms with Crippen LogP contribution in [0.4, 0.5) is 0 Å². The van der Waals surface area contributed by atoms with E-state index >= 15 is 0 Å². The first-order valence-corrected chi connectivity index (χ1v) is 6.04. The number of benzene rings is 2. The van der Waals surface area contributed by atoms with Gasteiger partial charge in [-0.2, -0.15) is 4.73 Å². The Balaban J connectivity index is 2.15. The van der Waals surface area contributed by atoms with Crippen LogP contribution >= 0.6 is 0 Å². The summed E-state index contributed by atoms with van der Waals surface area (Å²) in [6, 6.07) is 19.1. The molecule has 0 N–H and O–H groups in total. The lowest BCUT2D eigenvalue weighted by Gasteiger charge is -2.08. The number of hydrogen-bond acceptors (Lipinski definition) is 2. The molecular weight excluding hydrogens is 236 g/mol. The second-order valence-corrected chi connectivity index (χ2v) is 4.20. The lowest BCUT2D eigenvalue weighted by atomic mass is 10.1. The summed E-state index contributed by atoms with van der Waals surface area (Å²) in [6.45, 7) is 0. The van der Waals surface area contributed by atoms with E-state index in [0.29, 0.717) is 11.4 Å². The molecule has 0 aliphatic carbocycles. The normalized spacial score (nSPS) is 10.3. The molecule has 0 saturated carbocycles. The van der Waals surface area contributed by atoms with Gasteiger partial charge in [-0.1, -0.05) is 36.4 Å². The number of hydrogen-bond donors (Lipinski definition) is 0. The van der Waals surface area contributed by atoms with Gasteiger partial charge in [0.25, 0.3) is 0 Å². The lowest BCUT2D eigenvalue weighted by Crippen LogP contribution is -2.32. The average molecular weight is 248 g/mol. The zero-order valence-electron chi connectivity index (χ0n) is 10.2. The zero-order chi connectivity index (χ0) is 13.1. The molecule has 2 aromatic carbocycles. The zero-order valence-corrected chi connectivity index (χ0v) is 10.2. The molecule has 0 spiro atoms. The maximum atomic E-state index is 12.4. The Morgan fingerprint density at radius 2 is 1.11 bits per heavy atom. The van der Waals surface area contributed by atoms with Crippen LogP contribution in [0.3, 0.4) is 0 Å². The van der Waals surface area contributed by atoms with Crippen LogP contribution in [0.25, 0.3) is 22.5 Å². The summed E-state index contributed by atoms with van der Waals surface area (Å²) in [7, 11) is 0. The topological polar surface area (TPSA) is 39.8 Å². The molecule has 0 unspecified atom stereocenters. The van der Waals surface area contributed by atoms with E-state index < -0.39 is 0 Å². The van der Waals surface area contributed by atoms with E-state index in [1.165, 1.54) is 0 Å². The van der Waals surface area contributed by atoms with Crippen LogP contribution in [0.5, 0.6) is 0 Å². The Labute approximate surface area is 111 Å². The number of aromatic nitrogens is 2. The number of rotatable bonds is 2. The van der Waals surface area contributed by atoms with Crippen LogP contribution in [0.2, 0.25) is 0 Å². The van der Waals surface area contributed by atoms with E-state index in [1.807, 2.05) is 60.7 Å². The Hall–Kier alpha value is -2.68. The molecule has 0 saturated heterocycles. The molecule has 3 aromatic rings. The summed E-state index contributed by atoms with van der Waals surface area (Å²) in [5, 5.41) is 12.4. The molecule has 1 aromatic heterocycles. The monoisotopic (exact) mass is 248 g/mol. The van der Waals surface area contributed by atoms with Gasteiger partial charge in [0.15, 0.2) is 0 Å². The summed E-state index contributed by atoms with van der Waals surface area (Å²) in [5.74, 6) is 0. The van der Waals surface area contributed by atoms with E-state index in [-0.39, 0.29) is 0 Å². The van der Waals surface area contributed by atoms with Gasteiger partial charge in [-0.25, -0.2) is 0 Å². The van der Waals surface area contributed by atoms with Crippen LogP contribution in [-0.2, 0) is 0 Å². The van der Waals surface area contributed by atoms with Gasteiger partial charge in [-0.05, 0) is 24.3 Å². The first-order valence-electron chi connectivity index (χ1n) is 6.04. The van der Waals surface area contributed by atoms with Crippen molar-refractivity contribution in [1.82, 2.24) is 4.98 Å². The maximum Gasteiger partial charge on any atom is 0.242 e. The fourth-order valence-corrected chi connectivity index (χ4v) is 2.01. The van der Waals surface area contributed by atoms with Crippen LogP contribution in [0.1, 0.15) is 0 Å². The summed E-state index contributed by atoms with van der Waals surface area (Å²) in [5.41, 5.74) is 2.84. The highest BCUT2D eigenvalue weighted by molar-refractivity contribution is 5.59. The van der Waals surface area contributed by atoms with Crippen LogP contribution in [0, 0.1) is 5.21 Å². The van der Waals surface area contributed by atoms with Crippen molar-refractivity contribution in [2.24, 2.45) is 0 Å². The van der Waals surface area contributed by atoms with Gasteiger partial charge in [0.2, 0.25) is 11.4 Å². The molecule has 0 amide bonds. The van der Waals surface area contributed by atoms with Gasteiger partial charge in [0, 0.05) is 11.1 Å². The maximum absolute atomic E-state index is 12.4. The van der Waals surface area contributed by atoms with Crippen molar-refractivity contribution in [3.05, 3.63) is 78.3 Å². The minimum Gasteiger partial charge on any atom is -0.618 e. The van der Waals surface area contributed by atoms with Gasteiger partial charge in [0.1, 0.15) is 12.4 Å². The van der Waals surface area contributed by atoms with Crippen molar-refractivity contribution in [1.29, 1.82) is 0 Å². The largest absolute Gasteiger partial charge is 0.618 e. The summed E-state index contributed by atoms with van der Waals surface area (Å²) in [4.78, 5) is 4.18. The lowest BCUT2D eigenvalue weighted by molar-refractivity contribution is -0.582. The Kier molecular flexibility index (Phi) is 2.94. The first kappa shape index (κ1) is 11.4. The van der Waals surface area contributed by atoms with Gasteiger partial charge in [0.05, 0.1) is 0 Å². The Morgan fingerprint density at radius 1 is 0.684 bits per heavy atom. The highest BCUT2D eigenvalue weighted by Gasteiger charge is 2.15. The molecule has 19 heavy (non-hydrogen) atoms. The van der Waals surface area contributed by atoms with Crippen molar-refractivity contribution in [3.8, 4) is 22.5 Å². The molecule has 0 aliphatic heterocycles. The highest BCUT2D eigenvalue weighted by atomic mass is 16.5. The molecule has 0 radical (unpaired) electrons. The number of nitrogens with zero attached hydrogens (tertiary/aromatic N) is 2. The molecule has 0 fully saturated rings. The van der Waals surface area contributed by atoms with Crippen molar-refractivity contribution >= 4 is 0 Å². The van der Waals surface area contributed by atoms with Gasteiger partial charge >= 0.3 is 0 Å². The predicted molar refractivity (Wildman–Crippen MR) is 74.1 cm³/mol. The molecule has 0 bridgehead atoms. The van der Waals surface area contributed by atoms with E-state index in [0.717, 1.165) is 15.9 Å². The van der Waals surface area contributed by atoms with E-state index in [1.54, 1.807) is 12.4 Å². The third-order valence-corrected chi connectivity index (χ3v) is 2.97. The summed E-state index contributed by atoms with van der Waals surface area (Å²) >= 11 is 0. The quantitative estimate of drug-likeness (QED) is 0.516. The second kappa shape index (κ2) is 4.90. The highest BCUT2D eigenvalue weighted by Crippen LogP contribution is 2.18. The average Bonchev–Trinajstić information content (AvgIpc) is 2.49. The molecule has 0 atom stereocenters. The van der Waals surface area contributed by atoms with Gasteiger partial charge in [-0.3, -0.25) is 4.98 Å². The molecule has 3 nitrogen and oxygen atoms in total. The van der Waals surface area contributed by atoms with Crippen molar-refractivity contribution in [3.63, 3.8) is 0 Å². The SMILES string of the molecule is [O-][n+]1c(-c2ccccc2)cncc1-c1ccccc1. The Morgan fingerprint density at radius 3 is 1.53 bits per heavy atom. The second-order valence-electron chi connectivity index (χ2n) is 4.20. The minimum atomic E-state index is 0.557. The third-order valence-electron chi connectivity index (χ3n) is 2.97.